The van der Waals surface area contributed by atoms with Crippen LogP contribution in [0.25, 0.3) is 11.0 Å². The normalized spacial score (nSPS) is 10.6. The van der Waals surface area contributed by atoms with Gasteiger partial charge in [0.1, 0.15) is 5.58 Å². The molecule has 0 fully saturated rings. The molecule has 0 unspecified atom stereocenters. The Morgan fingerprint density at radius 3 is 2.11 bits per heavy atom. The van der Waals surface area contributed by atoms with Crippen LogP contribution < -0.4 is 10.6 Å². The second-order valence-corrected chi connectivity index (χ2v) is 6.50. The fourth-order valence-corrected chi connectivity index (χ4v) is 2.91. The minimum absolute atomic E-state index is 0.178. The summed E-state index contributed by atoms with van der Waals surface area (Å²) in [6, 6.07) is 23.5. The molecule has 0 aliphatic heterocycles. The minimum atomic E-state index is -0.326. The molecule has 0 spiro atoms. The van der Waals surface area contributed by atoms with Gasteiger partial charge in [0.25, 0.3) is 11.8 Å². The summed E-state index contributed by atoms with van der Waals surface area (Å²) in [6.45, 7) is 1.94. The predicted octanol–water partition coefficient (Wildman–Crippen LogP) is 5.25. The SMILES string of the molecule is Cc1cccc(C(=O)Nc2ccc(NC(=O)c3cc4ccccc4o3)cc2)c1. The van der Waals surface area contributed by atoms with Crippen molar-refractivity contribution in [3.63, 3.8) is 0 Å². The third kappa shape index (κ3) is 3.78. The Morgan fingerprint density at radius 2 is 1.43 bits per heavy atom. The van der Waals surface area contributed by atoms with E-state index in [1.165, 1.54) is 0 Å². The van der Waals surface area contributed by atoms with Crippen LogP contribution >= 0.6 is 0 Å². The number of anilines is 2. The van der Waals surface area contributed by atoms with Crippen molar-refractivity contribution in [1.82, 2.24) is 0 Å². The Bertz CT molecular complexity index is 1130. The number of aryl methyl sites for hydroxylation is 1. The number of fused-ring (bicyclic) bond motifs is 1. The second kappa shape index (κ2) is 7.40. The van der Waals surface area contributed by atoms with E-state index in [1.807, 2.05) is 49.4 Å². The molecule has 0 radical (unpaired) electrons. The van der Waals surface area contributed by atoms with Crippen LogP contribution in [-0.4, -0.2) is 11.8 Å². The molecule has 2 amide bonds. The van der Waals surface area contributed by atoms with Crippen LogP contribution in [0.15, 0.2) is 83.3 Å². The van der Waals surface area contributed by atoms with Gasteiger partial charge in [-0.2, -0.15) is 0 Å². The summed E-state index contributed by atoms with van der Waals surface area (Å²) < 4.78 is 5.57. The molecular formula is C23H18N2O3. The average Bonchev–Trinajstić information content (AvgIpc) is 3.14. The highest BCUT2D eigenvalue weighted by Gasteiger charge is 2.12. The molecule has 0 saturated heterocycles. The first kappa shape index (κ1) is 17.5. The summed E-state index contributed by atoms with van der Waals surface area (Å²) in [5.74, 6) is -0.256. The van der Waals surface area contributed by atoms with Crippen LogP contribution in [0.1, 0.15) is 26.5 Å². The summed E-state index contributed by atoms with van der Waals surface area (Å²) in [7, 11) is 0. The number of rotatable bonds is 4. The van der Waals surface area contributed by atoms with E-state index >= 15 is 0 Å². The number of para-hydroxylation sites is 1. The number of furan rings is 1. The molecule has 28 heavy (non-hydrogen) atoms. The molecule has 5 heteroatoms. The van der Waals surface area contributed by atoms with Crippen LogP contribution in [0.5, 0.6) is 0 Å². The van der Waals surface area contributed by atoms with Crippen molar-refractivity contribution < 1.29 is 14.0 Å². The van der Waals surface area contributed by atoms with E-state index in [2.05, 4.69) is 10.6 Å². The molecule has 1 heterocycles. The predicted molar refractivity (Wildman–Crippen MR) is 110 cm³/mol. The van der Waals surface area contributed by atoms with Crippen LogP contribution in [0.4, 0.5) is 11.4 Å². The van der Waals surface area contributed by atoms with Crippen molar-refractivity contribution >= 4 is 34.2 Å². The molecular weight excluding hydrogens is 352 g/mol. The lowest BCUT2D eigenvalue weighted by molar-refractivity contribution is 0.0996. The summed E-state index contributed by atoms with van der Waals surface area (Å²) in [6.07, 6.45) is 0. The highest BCUT2D eigenvalue weighted by atomic mass is 16.3. The molecule has 138 valence electrons. The summed E-state index contributed by atoms with van der Waals surface area (Å²) in [4.78, 5) is 24.7. The van der Waals surface area contributed by atoms with E-state index < -0.39 is 0 Å². The Labute approximate surface area is 162 Å². The molecule has 0 bridgehead atoms. The van der Waals surface area contributed by atoms with Crippen molar-refractivity contribution in [1.29, 1.82) is 0 Å². The van der Waals surface area contributed by atoms with E-state index in [-0.39, 0.29) is 17.6 Å². The third-order valence-electron chi connectivity index (χ3n) is 4.33. The maximum absolute atomic E-state index is 12.4. The van der Waals surface area contributed by atoms with Gasteiger partial charge in [-0.1, -0.05) is 35.9 Å². The standard InChI is InChI=1S/C23H18N2O3/c1-15-5-4-7-17(13-15)22(26)24-18-9-11-19(12-10-18)25-23(27)21-14-16-6-2-3-8-20(16)28-21/h2-14H,1H3,(H,24,26)(H,25,27). The smallest absolute Gasteiger partial charge is 0.291 e. The van der Waals surface area contributed by atoms with Crippen LogP contribution in [0, 0.1) is 6.92 Å². The first-order valence-electron chi connectivity index (χ1n) is 8.86. The van der Waals surface area contributed by atoms with Crippen molar-refractivity contribution in [3.05, 3.63) is 95.7 Å². The van der Waals surface area contributed by atoms with E-state index in [4.69, 9.17) is 4.42 Å². The van der Waals surface area contributed by atoms with Gasteiger partial charge in [0.15, 0.2) is 5.76 Å². The van der Waals surface area contributed by atoms with Gasteiger partial charge in [-0.05, 0) is 55.5 Å². The highest BCUT2D eigenvalue weighted by molar-refractivity contribution is 6.06. The third-order valence-corrected chi connectivity index (χ3v) is 4.33. The number of hydrogen-bond donors (Lipinski definition) is 2. The Kier molecular flexibility index (Phi) is 4.64. The van der Waals surface area contributed by atoms with Crippen molar-refractivity contribution in [2.24, 2.45) is 0 Å². The van der Waals surface area contributed by atoms with E-state index in [9.17, 15) is 9.59 Å². The summed E-state index contributed by atoms with van der Waals surface area (Å²) >= 11 is 0. The molecule has 4 rings (SSSR count). The van der Waals surface area contributed by atoms with Gasteiger partial charge in [-0.15, -0.1) is 0 Å². The van der Waals surface area contributed by atoms with Crippen LogP contribution in [0.2, 0.25) is 0 Å². The molecule has 0 aliphatic rings. The second-order valence-electron chi connectivity index (χ2n) is 6.50. The first-order chi connectivity index (χ1) is 13.6. The zero-order valence-corrected chi connectivity index (χ0v) is 15.2. The number of carbonyl (C=O) groups excluding carboxylic acids is 2. The van der Waals surface area contributed by atoms with Crippen molar-refractivity contribution in [3.8, 4) is 0 Å². The van der Waals surface area contributed by atoms with Crippen LogP contribution in [-0.2, 0) is 0 Å². The van der Waals surface area contributed by atoms with E-state index in [0.29, 0.717) is 22.5 Å². The molecule has 0 atom stereocenters. The number of carbonyl (C=O) groups is 2. The molecule has 4 aromatic rings. The molecule has 5 nitrogen and oxygen atoms in total. The van der Waals surface area contributed by atoms with Gasteiger partial charge in [-0.3, -0.25) is 9.59 Å². The van der Waals surface area contributed by atoms with Gasteiger partial charge in [-0.25, -0.2) is 0 Å². The fraction of sp³-hybridized carbons (Fsp3) is 0.0435. The average molecular weight is 370 g/mol. The molecule has 0 saturated carbocycles. The highest BCUT2D eigenvalue weighted by Crippen LogP contribution is 2.21. The van der Waals surface area contributed by atoms with Gasteiger partial charge in [0.05, 0.1) is 0 Å². The first-order valence-corrected chi connectivity index (χ1v) is 8.86. The van der Waals surface area contributed by atoms with E-state index in [1.54, 1.807) is 36.4 Å². The largest absolute Gasteiger partial charge is 0.451 e. The lowest BCUT2D eigenvalue weighted by Crippen LogP contribution is -2.13. The maximum atomic E-state index is 12.4. The van der Waals surface area contributed by atoms with Crippen molar-refractivity contribution in [2.45, 2.75) is 6.92 Å². The maximum Gasteiger partial charge on any atom is 0.291 e. The Hall–Kier alpha value is -3.86. The topological polar surface area (TPSA) is 71.3 Å². The Balaban J connectivity index is 1.42. The lowest BCUT2D eigenvalue weighted by atomic mass is 10.1. The number of hydrogen-bond acceptors (Lipinski definition) is 3. The number of nitrogens with one attached hydrogen (secondary N) is 2. The van der Waals surface area contributed by atoms with Gasteiger partial charge in [0.2, 0.25) is 0 Å². The van der Waals surface area contributed by atoms with Crippen LogP contribution in [0.3, 0.4) is 0 Å². The van der Waals surface area contributed by atoms with E-state index in [0.717, 1.165) is 10.9 Å². The molecule has 3 aromatic carbocycles. The van der Waals surface area contributed by atoms with Gasteiger partial charge >= 0.3 is 0 Å². The number of benzene rings is 3. The lowest BCUT2D eigenvalue weighted by Gasteiger charge is -2.08. The quantitative estimate of drug-likeness (QED) is 0.516. The molecule has 1 aromatic heterocycles. The zero-order chi connectivity index (χ0) is 19.5. The monoisotopic (exact) mass is 370 g/mol. The summed E-state index contributed by atoms with van der Waals surface area (Å²) in [5, 5.41) is 6.52. The number of amides is 2. The molecule has 2 N–H and O–H groups in total. The van der Waals surface area contributed by atoms with Gasteiger partial charge in [0, 0.05) is 22.3 Å². The minimum Gasteiger partial charge on any atom is -0.451 e. The fourth-order valence-electron chi connectivity index (χ4n) is 2.91. The summed E-state index contributed by atoms with van der Waals surface area (Å²) in [5.41, 5.74) is 3.55. The van der Waals surface area contributed by atoms with Crippen molar-refractivity contribution in [2.75, 3.05) is 10.6 Å². The Morgan fingerprint density at radius 1 is 0.750 bits per heavy atom. The zero-order valence-electron chi connectivity index (χ0n) is 15.2. The van der Waals surface area contributed by atoms with Gasteiger partial charge < -0.3 is 15.1 Å². The molecule has 0 aliphatic carbocycles.